The van der Waals surface area contributed by atoms with Gasteiger partial charge in [-0.15, -0.1) is 0 Å². The van der Waals surface area contributed by atoms with Crippen LogP contribution < -0.4 is 0 Å². The Morgan fingerprint density at radius 3 is 2.21 bits per heavy atom. The van der Waals surface area contributed by atoms with E-state index in [1.54, 1.807) is 0 Å². The number of halogens is 1. The molecule has 1 aliphatic rings. The molecule has 0 radical (unpaired) electrons. The number of fused-ring (bicyclic) bond motifs is 1. The van der Waals surface area contributed by atoms with E-state index in [0.717, 1.165) is 11.4 Å². The monoisotopic (exact) mass is 380 g/mol. The molecule has 0 aliphatic heterocycles. The largest absolute Gasteiger partial charge is 0.0843 e. The molecule has 0 bridgehead atoms. The van der Waals surface area contributed by atoms with Crippen molar-refractivity contribution in [2.45, 2.75) is 18.3 Å². The fraction of sp³-hybridized carbons (Fsp3) is 0.111. The second-order valence-electron chi connectivity index (χ2n) is 7.51. The van der Waals surface area contributed by atoms with Gasteiger partial charge in [0.05, 0.1) is 0 Å². The van der Waals surface area contributed by atoms with E-state index >= 15 is 0 Å². The van der Waals surface area contributed by atoms with Gasteiger partial charge in [-0.1, -0.05) is 103 Å². The molecule has 1 heteroatoms. The van der Waals surface area contributed by atoms with Gasteiger partial charge in [-0.2, -0.15) is 0 Å². The lowest BCUT2D eigenvalue weighted by Crippen LogP contribution is -2.05. The molecule has 4 aromatic carbocycles. The summed E-state index contributed by atoms with van der Waals surface area (Å²) in [6.07, 6.45) is 3.50. The lowest BCUT2D eigenvalue weighted by Gasteiger charge is -2.22. The van der Waals surface area contributed by atoms with E-state index in [9.17, 15) is 0 Å². The number of hydrogen-bond acceptors (Lipinski definition) is 0. The van der Waals surface area contributed by atoms with Crippen LogP contribution in [0.5, 0.6) is 0 Å². The van der Waals surface area contributed by atoms with Crippen molar-refractivity contribution in [3.8, 4) is 0 Å². The molecule has 1 aliphatic carbocycles. The van der Waals surface area contributed by atoms with Crippen LogP contribution in [0.2, 0.25) is 5.02 Å². The Morgan fingerprint density at radius 1 is 0.679 bits per heavy atom. The molecule has 0 N–H and O–H groups in total. The van der Waals surface area contributed by atoms with Gasteiger partial charge in [-0.25, -0.2) is 0 Å². The van der Waals surface area contributed by atoms with Crippen molar-refractivity contribution in [3.63, 3.8) is 0 Å². The second kappa shape index (κ2) is 7.30. The quantitative estimate of drug-likeness (QED) is 0.339. The Bertz CT molecular complexity index is 1130. The Hall–Kier alpha value is -2.83. The Labute approximate surface area is 171 Å². The van der Waals surface area contributed by atoms with Crippen LogP contribution in [-0.2, 0) is 0 Å². The van der Waals surface area contributed by atoms with Crippen molar-refractivity contribution in [1.29, 1.82) is 0 Å². The summed E-state index contributed by atoms with van der Waals surface area (Å²) in [5.74, 6) is 0.803. The highest BCUT2D eigenvalue weighted by Gasteiger charge is 2.31. The minimum absolute atomic E-state index is 0.373. The van der Waals surface area contributed by atoms with Crippen LogP contribution in [0.25, 0.3) is 16.3 Å². The maximum Gasteiger partial charge on any atom is 0.0406 e. The molecule has 0 saturated carbocycles. The van der Waals surface area contributed by atoms with Crippen LogP contribution >= 0.6 is 11.6 Å². The lowest BCUT2D eigenvalue weighted by atomic mass is 9.81. The van der Waals surface area contributed by atoms with E-state index in [0.29, 0.717) is 11.8 Å². The smallest absolute Gasteiger partial charge is 0.0406 e. The lowest BCUT2D eigenvalue weighted by molar-refractivity contribution is 0.673. The van der Waals surface area contributed by atoms with Gasteiger partial charge in [0.2, 0.25) is 0 Å². The van der Waals surface area contributed by atoms with Crippen molar-refractivity contribution < 1.29 is 0 Å². The molecule has 2 atom stereocenters. The summed E-state index contributed by atoms with van der Waals surface area (Å²) in [4.78, 5) is 0. The maximum absolute atomic E-state index is 6.11. The molecular formula is C27H21Cl. The van der Waals surface area contributed by atoms with E-state index in [1.807, 2.05) is 12.1 Å². The Kier molecular flexibility index (Phi) is 4.50. The van der Waals surface area contributed by atoms with Crippen molar-refractivity contribution >= 4 is 27.9 Å². The number of hydrogen-bond donors (Lipinski definition) is 0. The van der Waals surface area contributed by atoms with Gasteiger partial charge in [0.25, 0.3) is 0 Å². The number of allylic oxidation sites excluding steroid dienone is 2. The van der Waals surface area contributed by atoms with Gasteiger partial charge in [-0.05, 0) is 57.5 Å². The summed E-state index contributed by atoms with van der Waals surface area (Å²) in [7, 11) is 0. The normalized spacial score (nSPS) is 19.0. The molecule has 0 unspecified atom stereocenters. The van der Waals surface area contributed by atoms with Crippen LogP contribution in [0.4, 0.5) is 0 Å². The summed E-state index contributed by atoms with van der Waals surface area (Å²) in [6.45, 7) is 0. The van der Waals surface area contributed by atoms with E-state index in [1.165, 1.54) is 33.0 Å². The zero-order valence-electron chi connectivity index (χ0n) is 15.6. The Morgan fingerprint density at radius 2 is 1.39 bits per heavy atom. The predicted molar refractivity (Wildman–Crippen MR) is 120 cm³/mol. The Balaban J connectivity index is 1.63. The van der Waals surface area contributed by atoms with Gasteiger partial charge in [0, 0.05) is 10.9 Å². The molecule has 136 valence electrons. The third kappa shape index (κ3) is 3.15. The molecule has 0 nitrogen and oxygen atoms in total. The first-order chi connectivity index (χ1) is 13.8. The molecule has 0 fully saturated rings. The first kappa shape index (κ1) is 17.3. The first-order valence-corrected chi connectivity index (χ1v) is 10.2. The molecule has 5 rings (SSSR count). The van der Waals surface area contributed by atoms with Crippen molar-refractivity contribution in [2.24, 2.45) is 0 Å². The maximum atomic E-state index is 6.11. The molecule has 0 spiro atoms. The third-order valence-corrected chi connectivity index (χ3v) is 6.13. The highest BCUT2D eigenvalue weighted by atomic mass is 35.5. The average molecular weight is 381 g/mol. The van der Waals surface area contributed by atoms with E-state index < -0.39 is 0 Å². The number of rotatable bonds is 3. The summed E-state index contributed by atoms with van der Waals surface area (Å²) in [5, 5.41) is 3.46. The van der Waals surface area contributed by atoms with Gasteiger partial charge in [0.1, 0.15) is 0 Å². The minimum Gasteiger partial charge on any atom is -0.0843 e. The molecule has 0 amide bonds. The van der Waals surface area contributed by atoms with Gasteiger partial charge in [-0.3, -0.25) is 0 Å². The molecule has 0 saturated heterocycles. The van der Waals surface area contributed by atoms with Crippen LogP contribution in [0, 0.1) is 0 Å². The molecule has 0 aromatic heterocycles. The average Bonchev–Trinajstić information content (AvgIpc) is 3.20. The van der Waals surface area contributed by atoms with Crippen LogP contribution in [-0.4, -0.2) is 0 Å². The third-order valence-electron chi connectivity index (χ3n) is 5.88. The summed E-state index contributed by atoms with van der Waals surface area (Å²) < 4.78 is 0. The van der Waals surface area contributed by atoms with Crippen LogP contribution in [0.1, 0.15) is 34.9 Å². The zero-order chi connectivity index (χ0) is 18.9. The summed E-state index contributed by atoms with van der Waals surface area (Å²) >= 11 is 6.11. The van der Waals surface area contributed by atoms with Crippen molar-refractivity contribution in [3.05, 3.63) is 125 Å². The predicted octanol–water partition coefficient (Wildman–Crippen LogP) is 7.85. The standard InChI is InChI=1S/C27H21Cl/c28-23-15-13-19(14-16-23)22-17-26(21-7-2-1-3-8-21)27(18-22)25-12-6-10-20-9-4-5-11-24(20)25/h1-17,26-27H,18H2/t26-,27-/m1/s1. The summed E-state index contributed by atoms with van der Waals surface area (Å²) in [6, 6.07) is 34.6. The van der Waals surface area contributed by atoms with E-state index in [4.69, 9.17) is 11.6 Å². The van der Waals surface area contributed by atoms with Crippen LogP contribution in [0.15, 0.2) is 103 Å². The second-order valence-corrected chi connectivity index (χ2v) is 7.95. The highest BCUT2D eigenvalue weighted by Crippen LogP contribution is 2.49. The highest BCUT2D eigenvalue weighted by molar-refractivity contribution is 6.30. The van der Waals surface area contributed by atoms with E-state index in [-0.39, 0.29) is 0 Å². The molecule has 4 aromatic rings. The topological polar surface area (TPSA) is 0 Å². The SMILES string of the molecule is Clc1ccc(C2=C[C@H](c3ccccc3)[C@@H](c3cccc4ccccc34)C2)cc1. The van der Waals surface area contributed by atoms with Crippen LogP contribution in [0.3, 0.4) is 0 Å². The summed E-state index contributed by atoms with van der Waals surface area (Å²) in [5.41, 5.74) is 5.49. The van der Waals surface area contributed by atoms with Gasteiger partial charge < -0.3 is 0 Å². The first-order valence-electron chi connectivity index (χ1n) is 9.79. The fourth-order valence-corrected chi connectivity index (χ4v) is 4.65. The fourth-order valence-electron chi connectivity index (χ4n) is 4.52. The van der Waals surface area contributed by atoms with E-state index in [2.05, 4.69) is 91.0 Å². The van der Waals surface area contributed by atoms with Gasteiger partial charge >= 0.3 is 0 Å². The molecule has 28 heavy (non-hydrogen) atoms. The molecule has 0 heterocycles. The van der Waals surface area contributed by atoms with Gasteiger partial charge in [0.15, 0.2) is 0 Å². The number of benzene rings is 4. The minimum atomic E-state index is 0.373. The van der Waals surface area contributed by atoms with Crippen molar-refractivity contribution in [1.82, 2.24) is 0 Å². The van der Waals surface area contributed by atoms with Crippen molar-refractivity contribution in [2.75, 3.05) is 0 Å². The zero-order valence-corrected chi connectivity index (χ0v) is 16.3. The molecular weight excluding hydrogens is 360 g/mol.